The number of rotatable bonds is 22. The van der Waals surface area contributed by atoms with Crippen LogP contribution in [0.1, 0.15) is 116 Å². The number of aromatic hydroxyl groups is 1. The van der Waals surface area contributed by atoms with Crippen molar-refractivity contribution in [1.82, 2.24) is 62.6 Å². The van der Waals surface area contributed by atoms with Gasteiger partial charge in [0.05, 0.1) is 31.3 Å². The van der Waals surface area contributed by atoms with E-state index in [0.717, 1.165) is 28.9 Å². The molecule has 0 aromatic heterocycles. The van der Waals surface area contributed by atoms with E-state index in [1.165, 1.54) is 38.9 Å². The second-order valence-corrected chi connectivity index (χ2v) is 28.5. The quantitative estimate of drug-likeness (QED) is 0.0299. The highest BCUT2D eigenvalue weighted by Crippen LogP contribution is 2.26. The summed E-state index contributed by atoms with van der Waals surface area (Å²) in [7, 11) is 2.61. The summed E-state index contributed by atoms with van der Waals surface area (Å²) in [4.78, 5) is 221. The van der Waals surface area contributed by atoms with Gasteiger partial charge in [0.25, 0.3) is 0 Å². The minimum absolute atomic E-state index is 0.00188. The van der Waals surface area contributed by atoms with Crippen molar-refractivity contribution in [2.24, 2.45) is 39.9 Å². The number of ketones is 1. The predicted octanol–water partition coefficient (Wildman–Crippen LogP) is -4.70. The second kappa shape index (κ2) is 42.6. The molecular formula is C70H103FN16O20S. The Bertz CT molecular complexity index is 3590. The number of aliphatic hydroxyl groups is 3. The first-order valence-electron chi connectivity index (χ1n) is 35.7. The number of aliphatic carboxylic acids is 1. The van der Waals surface area contributed by atoms with Crippen molar-refractivity contribution in [3.8, 4) is 5.75 Å². The van der Waals surface area contributed by atoms with Crippen LogP contribution in [0.4, 0.5) is 4.39 Å². The number of carbonyl (C=O) groups excluding carboxylic acids is 14. The van der Waals surface area contributed by atoms with Crippen LogP contribution >= 0.6 is 11.8 Å². The van der Waals surface area contributed by atoms with Crippen molar-refractivity contribution < 1.29 is 102 Å². The molecule has 3 saturated heterocycles. The molecule has 0 spiro atoms. The number of Topliss-reactive ketones (excluding diaryl/α,β-unsaturated/α-hetero) is 1. The number of nitrogens with one attached hydrogen (secondary N) is 9. The van der Waals surface area contributed by atoms with Gasteiger partial charge in [-0.05, 0) is 94.0 Å². The van der Waals surface area contributed by atoms with Gasteiger partial charge < -0.3 is 105 Å². The maximum absolute atomic E-state index is 15.0. The van der Waals surface area contributed by atoms with E-state index in [1.54, 1.807) is 44.2 Å². The lowest BCUT2D eigenvalue weighted by Crippen LogP contribution is -2.63. The van der Waals surface area contributed by atoms with Crippen molar-refractivity contribution in [3.63, 3.8) is 0 Å². The van der Waals surface area contributed by atoms with Gasteiger partial charge >= 0.3 is 5.97 Å². The lowest BCUT2D eigenvalue weighted by molar-refractivity contribution is -0.150. The van der Waals surface area contributed by atoms with Crippen molar-refractivity contribution in [2.75, 3.05) is 52.7 Å². The largest absolute Gasteiger partial charge is 0.505 e. The highest BCUT2D eigenvalue weighted by Gasteiger charge is 2.45. The van der Waals surface area contributed by atoms with Crippen molar-refractivity contribution in [1.29, 1.82) is 0 Å². The number of benzene rings is 2. The van der Waals surface area contributed by atoms with Crippen LogP contribution in [0.3, 0.4) is 0 Å². The van der Waals surface area contributed by atoms with Crippen LogP contribution < -0.4 is 65.1 Å². The molecule has 108 heavy (non-hydrogen) atoms. The molecule has 3 aliphatic rings. The number of likely N-dealkylation sites (tertiary alicyclic amines) is 1. The zero-order chi connectivity index (χ0) is 80.4. The van der Waals surface area contributed by atoms with Crippen LogP contribution in [0.25, 0.3) is 0 Å². The van der Waals surface area contributed by atoms with Gasteiger partial charge in [-0.15, -0.1) is 0 Å². The topological polar surface area (TPSA) is 566 Å². The number of hydrogen-bond donors (Lipinski definition) is 17. The molecule has 20 N–H and O–H groups in total. The van der Waals surface area contributed by atoms with Crippen LogP contribution in [0, 0.1) is 23.6 Å². The Kier molecular flexibility index (Phi) is 35.0. The third kappa shape index (κ3) is 25.6. The minimum atomic E-state index is -2.10. The van der Waals surface area contributed by atoms with E-state index >= 15 is 14.0 Å². The molecule has 2 aromatic carbocycles. The number of carboxylic acids is 1. The standard InChI is InChI=1S/C70H103FN16O20S/c1-8-36(4)56-64(101)82-55(35(2)3)63(100)79-44(28-39-20-22-51(91)41(71)27-39)59(96)84-57(37(5)90)65(102)80-45(67(104)86-25-13-18-48(86)61(98)78-43(69(106)107)17-12-24-76-70(73)74)31-54(94)108-34-47(75-6)52(92)30-40(32-88)66(103)85(7)50(29-38-15-10-9-11-16-38)68(105)87-26-14-19-49(87)62(99)81-46(33-89)60(97)77-42(58(95)83-56)21-23-53(72)93/h9-11,15-16,20,22,27,35-37,40,42-50,55-57,75,88-91H,8,12-14,17-19,21,23-26,28-34H2,1-7H3,(H2,72,93)(H,77,97)(H,78,98)(H,79,100)(H,80,102)(H,81,99)(H,82,101)(H,83,95)(H,84,96)(H,106,107)(H4,73,74,76)/t36-,37+,40-,42-,43-,44-,45-,46+,47-,48-,49+,50-,55-,56-,57-/m0/s1. The molecule has 38 heteroatoms. The van der Waals surface area contributed by atoms with E-state index in [9.17, 15) is 87.9 Å². The monoisotopic (exact) mass is 1540 g/mol. The molecular weight excluding hydrogens is 1440 g/mol. The molecule has 12 amide bonds. The molecule has 0 saturated carbocycles. The van der Waals surface area contributed by atoms with E-state index in [2.05, 4.69) is 52.8 Å². The molecule has 0 bridgehead atoms. The van der Waals surface area contributed by atoms with Crippen molar-refractivity contribution in [2.45, 2.75) is 197 Å². The molecule has 3 aliphatic heterocycles. The number of phenols is 1. The van der Waals surface area contributed by atoms with Gasteiger partial charge in [-0.1, -0.05) is 82.3 Å². The average Bonchev–Trinajstić information content (AvgIpc) is 1.52. The molecule has 15 atom stereocenters. The second-order valence-electron chi connectivity index (χ2n) is 27.4. The first kappa shape index (κ1) is 88.7. The number of hydrogen-bond acceptors (Lipinski definition) is 22. The number of carboxylic acid groups (broad SMARTS) is 1. The Hall–Kier alpha value is -9.92. The Morgan fingerprint density at radius 1 is 0.713 bits per heavy atom. The summed E-state index contributed by atoms with van der Waals surface area (Å²) < 4.78 is 15.0. The lowest BCUT2D eigenvalue weighted by atomic mass is 9.95. The molecule has 2 aromatic rings. The molecule has 0 aliphatic carbocycles. The predicted molar refractivity (Wildman–Crippen MR) is 388 cm³/mol. The Morgan fingerprint density at radius 3 is 1.93 bits per heavy atom. The highest BCUT2D eigenvalue weighted by atomic mass is 32.2. The smallest absolute Gasteiger partial charge is 0.326 e. The van der Waals surface area contributed by atoms with E-state index < -0.39 is 247 Å². The zero-order valence-electron chi connectivity index (χ0n) is 61.5. The van der Waals surface area contributed by atoms with E-state index in [-0.39, 0.29) is 82.5 Å². The normalized spacial score (nSPS) is 25.8. The number of likely N-dealkylation sites (N-methyl/N-ethyl adjacent to an activating group) is 2. The summed E-state index contributed by atoms with van der Waals surface area (Å²) in [6.07, 6.45) is -4.90. The summed E-state index contributed by atoms with van der Waals surface area (Å²) in [6.45, 7) is 4.96. The Labute approximate surface area is 627 Å². The third-order valence-corrected chi connectivity index (χ3v) is 20.1. The minimum Gasteiger partial charge on any atom is -0.505 e. The Balaban J connectivity index is 1.63. The van der Waals surface area contributed by atoms with Crippen LogP contribution in [0.5, 0.6) is 5.75 Å². The summed E-state index contributed by atoms with van der Waals surface area (Å²) in [5.41, 5.74) is 16.8. The zero-order valence-corrected chi connectivity index (χ0v) is 62.3. The van der Waals surface area contributed by atoms with Crippen molar-refractivity contribution in [3.05, 3.63) is 65.5 Å². The van der Waals surface area contributed by atoms with Gasteiger partial charge in [0.1, 0.15) is 66.5 Å². The number of nitrogens with zero attached hydrogens (tertiary/aromatic N) is 4. The first-order chi connectivity index (χ1) is 51.0. The molecule has 3 fully saturated rings. The van der Waals surface area contributed by atoms with Gasteiger partial charge in [-0.3, -0.25) is 72.1 Å². The number of nitrogens with two attached hydrogens (primary N) is 3. The average molecular weight is 1540 g/mol. The van der Waals surface area contributed by atoms with E-state index in [1.807, 2.05) is 0 Å². The van der Waals surface area contributed by atoms with Crippen LogP contribution in [-0.2, 0) is 84.8 Å². The first-order valence-corrected chi connectivity index (χ1v) is 36.7. The summed E-state index contributed by atoms with van der Waals surface area (Å²) in [5, 5.41) is 74.4. The number of halogens is 1. The van der Waals surface area contributed by atoms with Gasteiger partial charge in [-0.2, -0.15) is 0 Å². The molecule has 5 rings (SSSR count). The number of fused-ring (bicyclic) bond motifs is 1. The number of thioether (sulfide) groups is 1. The van der Waals surface area contributed by atoms with Gasteiger partial charge in [0.15, 0.2) is 28.4 Å². The molecule has 0 radical (unpaired) electrons. The Morgan fingerprint density at radius 2 is 1.32 bits per heavy atom. The number of phenolic OH excluding ortho intramolecular Hbond substituents is 1. The summed E-state index contributed by atoms with van der Waals surface area (Å²) in [5.74, 6) is -20.6. The third-order valence-electron chi connectivity index (χ3n) is 19.1. The van der Waals surface area contributed by atoms with E-state index in [4.69, 9.17) is 17.2 Å². The van der Waals surface area contributed by atoms with Crippen LogP contribution in [0.15, 0.2) is 53.5 Å². The molecule has 36 nitrogen and oxygen atoms in total. The number of primary amides is 1. The molecule has 596 valence electrons. The fraction of sp³-hybridized carbons (Fsp3) is 0.600. The fourth-order valence-corrected chi connectivity index (χ4v) is 13.6. The highest BCUT2D eigenvalue weighted by molar-refractivity contribution is 8.13. The number of aliphatic imine (C=N–C) groups is 1. The summed E-state index contributed by atoms with van der Waals surface area (Å²) in [6, 6.07) is -8.28. The lowest BCUT2D eigenvalue weighted by Gasteiger charge is -2.35. The molecule has 0 unspecified atom stereocenters. The summed E-state index contributed by atoms with van der Waals surface area (Å²) >= 11 is 0.471. The van der Waals surface area contributed by atoms with Gasteiger partial charge in [0.2, 0.25) is 70.9 Å². The number of amides is 12. The van der Waals surface area contributed by atoms with Crippen molar-refractivity contribution >= 4 is 105 Å². The maximum Gasteiger partial charge on any atom is 0.326 e. The van der Waals surface area contributed by atoms with Crippen LogP contribution in [0.2, 0.25) is 0 Å². The number of carbonyl (C=O) groups is 15. The molecule has 3 heterocycles. The number of aliphatic hydroxyl groups excluding tert-OH is 3. The van der Waals surface area contributed by atoms with Gasteiger partial charge in [0, 0.05) is 64.5 Å². The van der Waals surface area contributed by atoms with E-state index in [0.29, 0.717) is 17.3 Å². The maximum atomic E-state index is 15.0. The fourth-order valence-electron chi connectivity index (χ4n) is 12.6. The SMILES string of the molecule is CC[C@H](C)[C@@H]1NC(=O)[C@H](CCC(N)=O)NC(=O)[C@@H](CO)NC(=O)[C@H]2CCCN2C(=O)[C@H](Cc2ccccc2)N(C)C(=O)[C@H](CO)CC(=O)[C@@H](NC)CSC(=O)C[C@@H](C(=O)N2CCC[C@H]2C(=O)N[C@@H](CCCN=C(N)N)C(=O)O)NC(=O)[C@H]([C@@H](C)O)NC(=O)[C@H](Cc2ccc(O)c(F)c2)NC(=O)[C@H](C(C)C)NC1=O. The number of guanidine groups is 1. The van der Waals surface area contributed by atoms with Gasteiger partial charge in [-0.25, -0.2) is 9.18 Å². The van der Waals surface area contributed by atoms with Crippen LogP contribution in [-0.4, -0.2) is 265 Å².